The van der Waals surface area contributed by atoms with Gasteiger partial charge in [0.2, 0.25) is 5.91 Å². The molecule has 1 unspecified atom stereocenters. The number of fused-ring (bicyclic) bond motifs is 1. The van der Waals surface area contributed by atoms with Gasteiger partial charge in [0.15, 0.2) is 0 Å². The fourth-order valence-electron chi connectivity index (χ4n) is 4.64. The number of amides is 1. The van der Waals surface area contributed by atoms with Crippen molar-refractivity contribution < 1.29 is 9.21 Å². The highest BCUT2D eigenvalue weighted by Gasteiger charge is 2.36. The SMILES string of the molecule is CC(=O)N1N=C(c2cc3ccccc3oc2=O)CC1c1cn(-c2ccccc2)nc1-c1ccc(Cl)cc1. The zero-order valence-electron chi connectivity index (χ0n) is 19.8. The van der Waals surface area contributed by atoms with Crippen LogP contribution in [0.3, 0.4) is 0 Å². The molecule has 182 valence electrons. The van der Waals surface area contributed by atoms with E-state index in [4.69, 9.17) is 21.1 Å². The molecule has 8 heteroatoms. The van der Waals surface area contributed by atoms with E-state index >= 15 is 0 Å². The standard InChI is InChI=1S/C29H21ClN4O3/c1-18(35)34-26(16-25(31-34)23-15-20-7-5-6-10-27(20)37-29(23)36)24-17-33(22-8-3-2-4-9-22)32-28(24)19-11-13-21(30)14-12-19/h2-15,17,26H,16H2,1H3. The largest absolute Gasteiger partial charge is 0.422 e. The van der Waals surface area contributed by atoms with Crippen LogP contribution in [0.15, 0.2) is 105 Å². The van der Waals surface area contributed by atoms with Gasteiger partial charge in [-0.15, -0.1) is 0 Å². The van der Waals surface area contributed by atoms with Gasteiger partial charge in [0, 0.05) is 41.1 Å². The molecular weight excluding hydrogens is 488 g/mol. The van der Waals surface area contributed by atoms with Crippen LogP contribution in [0.2, 0.25) is 5.02 Å². The van der Waals surface area contributed by atoms with Gasteiger partial charge in [-0.05, 0) is 36.4 Å². The smallest absolute Gasteiger partial charge is 0.345 e. The zero-order chi connectivity index (χ0) is 25.5. The molecule has 0 aliphatic carbocycles. The average Bonchev–Trinajstić information content (AvgIpc) is 3.54. The molecule has 0 N–H and O–H groups in total. The molecule has 1 amide bonds. The maximum absolute atomic E-state index is 12.9. The Bertz CT molecular complexity index is 1720. The Kier molecular flexibility index (Phi) is 5.70. The quantitative estimate of drug-likeness (QED) is 0.279. The molecule has 0 bridgehead atoms. The fourth-order valence-corrected chi connectivity index (χ4v) is 4.77. The number of carbonyl (C=O) groups is 1. The molecule has 2 aromatic heterocycles. The van der Waals surface area contributed by atoms with Crippen LogP contribution in [0.1, 0.15) is 30.5 Å². The minimum absolute atomic E-state index is 0.236. The van der Waals surface area contributed by atoms with Crippen LogP contribution >= 0.6 is 11.6 Å². The van der Waals surface area contributed by atoms with E-state index in [2.05, 4.69) is 5.10 Å². The van der Waals surface area contributed by atoms with Crippen LogP contribution in [0, 0.1) is 0 Å². The molecular formula is C29H21ClN4O3. The van der Waals surface area contributed by atoms with E-state index in [1.54, 1.807) is 16.8 Å². The first kappa shape index (κ1) is 22.9. The topological polar surface area (TPSA) is 80.7 Å². The maximum atomic E-state index is 12.9. The highest BCUT2D eigenvalue weighted by molar-refractivity contribution is 6.30. The number of hydrogen-bond donors (Lipinski definition) is 0. The number of nitrogens with zero attached hydrogens (tertiary/aromatic N) is 4. The first-order chi connectivity index (χ1) is 18.0. The second kappa shape index (κ2) is 9.19. The van der Waals surface area contributed by atoms with Crippen LogP contribution in [-0.4, -0.2) is 26.4 Å². The summed E-state index contributed by atoms with van der Waals surface area (Å²) in [6.07, 6.45) is 2.25. The van der Waals surface area contributed by atoms with E-state index in [-0.39, 0.29) is 5.91 Å². The molecule has 3 aromatic carbocycles. The Balaban J connectivity index is 1.47. The van der Waals surface area contributed by atoms with Crippen molar-refractivity contribution in [3.8, 4) is 16.9 Å². The lowest BCUT2D eigenvalue weighted by Gasteiger charge is -2.20. The normalized spacial score (nSPS) is 15.2. The number of carbonyl (C=O) groups excluding carboxylic acids is 1. The number of aromatic nitrogens is 2. The molecule has 5 aromatic rings. The average molecular weight is 509 g/mol. The third kappa shape index (κ3) is 4.23. The minimum atomic E-state index is -0.487. The number of halogens is 1. The summed E-state index contributed by atoms with van der Waals surface area (Å²) in [6.45, 7) is 1.46. The first-order valence-corrected chi connectivity index (χ1v) is 12.2. The van der Waals surface area contributed by atoms with Gasteiger partial charge in [-0.3, -0.25) is 4.79 Å². The van der Waals surface area contributed by atoms with Crippen LogP contribution < -0.4 is 5.63 Å². The van der Waals surface area contributed by atoms with E-state index in [1.807, 2.05) is 79.0 Å². The Morgan fingerprint density at radius 1 is 1.00 bits per heavy atom. The van der Waals surface area contributed by atoms with Crippen LogP contribution in [0.5, 0.6) is 0 Å². The third-order valence-electron chi connectivity index (χ3n) is 6.43. The molecule has 0 spiro atoms. The van der Waals surface area contributed by atoms with Crippen molar-refractivity contribution in [1.82, 2.24) is 14.8 Å². The Morgan fingerprint density at radius 3 is 2.49 bits per heavy atom. The zero-order valence-corrected chi connectivity index (χ0v) is 20.6. The summed E-state index contributed by atoms with van der Waals surface area (Å²) >= 11 is 6.14. The van der Waals surface area contributed by atoms with Gasteiger partial charge in [-0.1, -0.05) is 60.1 Å². The van der Waals surface area contributed by atoms with Gasteiger partial charge in [0.25, 0.3) is 0 Å². The number of para-hydroxylation sites is 2. The van der Waals surface area contributed by atoms with Crippen molar-refractivity contribution in [3.63, 3.8) is 0 Å². The molecule has 1 atom stereocenters. The summed E-state index contributed by atoms with van der Waals surface area (Å²) in [7, 11) is 0. The molecule has 6 rings (SSSR count). The maximum Gasteiger partial charge on any atom is 0.345 e. The van der Waals surface area contributed by atoms with Crippen molar-refractivity contribution in [1.29, 1.82) is 0 Å². The molecule has 0 fully saturated rings. The monoisotopic (exact) mass is 508 g/mol. The van der Waals surface area contributed by atoms with E-state index in [0.29, 0.717) is 34.0 Å². The van der Waals surface area contributed by atoms with E-state index < -0.39 is 11.7 Å². The molecule has 0 saturated heterocycles. The molecule has 1 aliphatic heterocycles. The summed E-state index contributed by atoms with van der Waals surface area (Å²) in [5.41, 5.74) is 4.11. The van der Waals surface area contributed by atoms with Gasteiger partial charge in [-0.25, -0.2) is 14.5 Å². The van der Waals surface area contributed by atoms with Gasteiger partial charge < -0.3 is 4.42 Å². The molecule has 1 aliphatic rings. The molecule has 3 heterocycles. The molecule has 37 heavy (non-hydrogen) atoms. The Morgan fingerprint density at radius 2 is 1.73 bits per heavy atom. The van der Waals surface area contributed by atoms with Crippen molar-refractivity contribution in [2.75, 3.05) is 0 Å². The number of hydrogen-bond acceptors (Lipinski definition) is 5. The highest BCUT2D eigenvalue weighted by Crippen LogP contribution is 2.38. The summed E-state index contributed by atoms with van der Waals surface area (Å²) in [6, 6.07) is 25.8. The third-order valence-corrected chi connectivity index (χ3v) is 6.68. The summed E-state index contributed by atoms with van der Waals surface area (Å²) in [5, 5.41) is 12.3. The van der Waals surface area contributed by atoms with Gasteiger partial charge in [0.1, 0.15) is 5.58 Å². The Hall–Kier alpha value is -4.49. The van der Waals surface area contributed by atoms with Crippen molar-refractivity contribution in [2.24, 2.45) is 5.10 Å². The lowest BCUT2D eigenvalue weighted by molar-refractivity contribution is -0.130. The Labute approximate surface area is 217 Å². The van der Waals surface area contributed by atoms with E-state index in [9.17, 15) is 9.59 Å². The lowest BCUT2D eigenvalue weighted by atomic mass is 9.96. The highest BCUT2D eigenvalue weighted by atomic mass is 35.5. The van der Waals surface area contributed by atoms with Gasteiger partial charge >= 0.3 is 5.63 Å². The number of rotatable bonds is 4. The van der Waals surface area contributed by atoms with Gasteiger partial charge in [0.05, 0.1) is 28.7 Å². The van der Waals surface area contributed by atoms with E-state index in [1.165, 1.54) is 11.9 Å². The van der Waals surface area contributed by atoms with Crippen molar-refractivity contribution >= 4 is 34.2 Å². The van der Waals surface area contributed by atoms with Crippen molar-refractivity contribution in [3.05, 3.63) is 118 Å². The van der Waals surface area contributed by atoms with Crippen molar-refractivity contribution in [2.45, 2.75) is 19.4 Å². The lowest BCUT2D eigenvalue weighted by Crippen LogP contribution is -2.24. The predicted molar refractivity (Wildman–Crippen MR) is 143 cm³/mol. The molecule has 0 radical (unpaired) electrons. The molecule has 0 saturated carbocycles. The fraction of sp³-hybridized carbons (Fsp3) is 0.103. The van der Waals surface area contributed by atoms with Gasteiger partial charge in [-0.2, -0.15) is 10.2 Å². The number of benzene rings is 3. The first-order valence-electron chi connectivity index (χ1n) is 11.8. The van der Waals surface area contributed by atoms with Crippen LogP contribution in [0.25, 0.3) is 27.9 Å². The predicted octanol–water partition coefficient (Wildman–Crippen LogP) is 6.00. The summed E-state index contributed by atoms with van der Waals surface area (Å²) < 4.78 is 7.33. The summed E-state index contributed by atoms with van der Waals surface area (Å²) in [4.78, 5) is 25.6. The van der Waals surface area contributed by atoms with Crippen LogP contribution in [-0.2, 0) is 4.79 Å². The second-order valence-electron chi connectivity index (χ2n) is 8.84. The van der Waals surface area contributed by atoms with Crippen LogP contribution in [0.4, 0.5) is 0 Å². The molecule has 7 nitrogen and oxygen atoms in total. The number of hydrazone groups is 1. The van der Waals surface area contributed by atoms with E-state index in [0.717, 1.165) is 22.2 Å². The summed E-state index contributed by atoms with van der Waals surface area (Å²) in [5.74, 6) is -0.236. The minimum Gasteiger partial charge on any atom is -0.422 e. The second-order valence-corrected chi connectivity index (χ2v) is 9.27.